The summed E-state index contributed by atoms with van der Waals surface area (Å²) in [5, 5.41) is 3.17. The molecule has 1 aliphatic rings. The van der Waals surface area contributed by atoms with E-state index in [9.17, 15) is 0 Å². The number of nitrogens with one attached hydrogen (secondary N) is 1. The predicted molar refractivity (Wildman–Crippen MR) is 84.3 cm³/mol. The van der Waals surface area contributed by atoms with Crippen LogP contribution in [0, 0.1) is 0 Å². The van der Waals surface area contributed by atoms with Crippen molar-refractivity contribution in [1.29, 1.82) is 0 Å². The Morgan fingerprint density at radius 3 is 2.72 bits per heavy atom. The molecule has 1 fully saturated rings. The molecule has 0 saturated carbocycles. The van der Waals surface area contributed by atoms with E-state index >= 15 is 0 Å². The molecule has 1 atom stereocenters. The van der Waals surface area contributed by atoms with Crippen molar-refractivity contribution >= 4 is 34.4 Å². The van der Waals surface area contributed by atoms with E-state index in [1.54, 1.807) is 0 Å². The van der Waals surface area contributed by atoms with Gasteiger partial charge in [0.1, 0.15) is 0 Å². The van der Waals surface area contributed by atoms with E-state index in [0.717, 1.165) is 49.1 Å². The highest BCUT2D eigenvalue weighted by atomic mass is 32.1. The van der Waals surface area contributed by atoms with Gasteiger partial charge in [0.25, 0.3) is 0 Å². The van der Waals surface area contributed by atoms with Crippen molar-refractivity contribution in [2.75, 3.05) is 26.2 Å². The number of thiocarbonyl (C=S) groups is 2. The smallest absolute Gasteiger partial charge is 0.0805 e. The summed E-state index contributed by atoms with van der Waals surface area (Å²) in [5.74, 6) is 0. The summed E-state index contributed by atoms with van der Waals surface area (Å²) < 4.78 is 5.74. The molecule has 1 unspecified atom stereocenters. The molecule has 1 heterocycles. The first-order valence-corrected chi connectivity index (χ1v) is 7.59. The molecule has 0 bridgehead atoms. The Balaban J connectivity index is 2.29. The zero-order valence-electron chi connectivity index (χ0n) is 11.4. The molecule has 0 aliphatic carbocycles. The number of hydrogen-bond acceptors (Lipinski definition) is 3. The van der Waals surface area contributed by atoms with Gasteiger partial charge in [0, 0.05) is 32.7 Å². The summed E-state index contributed by atoms with van der Waals surface area (Å²) in [5.41, 5.74) is 0. The van der Waals surface area contributed by atoms with Crippen LogP contribution in [0.4, 0.5) is 0 Å². The third-order valence-electron chi connectivity index (χ3n) is 3.17. The van der Waals surface area contributed by atoms with Gasteiger partial charge in [0.15, 0.2) is 0 Å². The van der Waals surface area contributed by atoms with E-state index in [0.29, 0.717) is 6.10 Å². The summed E-state index contributed by atoms with van der Waals surface area (Å²) in [6.07, 6.45) is 4.83. The molecule has 0 spiro atoms. The van der Waals surface area contributed by atoms with Crippen molar-refractivity contribution in [3.63, 3.8) is 0 Å². The van der Waals surface area contributed by atoms with Gasteiger partial charge in [-0.2, -0.15) is 0 Å². The Morgan fingerprint density at radius 1 is 1.39 bits per heavy atom. The molecule has 1 N–H and O–H groups in total. The zero-order valence-corrected chi connectivity index (χ0v) is 13.0. The molecule has 1 aliphatic heterocycles. The summed E-state index contributed by atoms with van der Waals surface area (Å²) in [7, 11) is 0. The first kappa shape index (κ1) is 15.8. The highest BCUT2D eigenvalue weighted by Gasteiger charge is 2.18. The number of nitrogens with zero attached hydrogens (tertiary/aromatic N) is 1. The van der Waals surface area contributed by atoms with Crippen LogP contribution in [0.25, 0.3) is 0 Å². The van der Waals surface area contributed by atoms with Gasteiger partial charge in [0.2, 0.25) is 0 Å². The maximum atomic E-state index is 5.74. The van der Waals surface area contributed by atoms with Crippen LogP contribution in [0.5, 0.6) is 0 Å². The van der Waals surface area contributed by atoms with E-state index < -0.39 is 0 Å². The van der Waals surface area contributed by atoms with Gasteiger partial charge in [-0.3, -0.25) is 0 Å². The lowest BCUT2D eigenvalue weighted by molar-refractivity contribution is 0.0200. The van der Waals surface area contributed by atoms with Crippen LogP contribution >= 0.6 is 24.4 Å². The molecule has 0 aromatic heterocycles. The normalized spacial score (nSPS) is 19.3. The lowest BCUT2D eigenvalue weighted by Gasteiger charge is -2.28. The Labute approximate surface area is 121 Å². The minimum atomic E-state index is 0.334. The Kier molecular flexibility index (Phi) is 7.70. The van der Waals surface area contributed by atoms with Gasteiger partial charge in [0.05, 0.1) is 16.1 Å². The molecular weight excluding hydrogens is 264 g/mol. The van der Waals surface area contributed by atoms with Crippen LogP contribution in [0.1, 0.15) is 39.5 Å². The van der Waals surface area contributed by atoms with Crippen LogP contribution in [-0.4, -0.2) is 47.2 Å². The second kappa shape index (κ2) is 8.77. The number of rotatable bonds is 6. The average molecular weight is 288 g/mol. The van der Waals surface area contributed by atoms with Crippen LogP contribution in [0.2, 0.25) is 0 Å². The van der Waals surface area contributed by atoms with Gasteiger partial charge >= 0.3 is 0 Å². The zero-order chi connectivity index (χ0) is 13.4. The van der Waals surface area contributed by atoms with E-state index in [1.165, 1.54) is 12.8 Å². The van der Waals surface area contributed by atoms with Gasteiger partial charge in [-0.15, -0.1) is 0 Å². The van der Waals surface area contributed by atoms with Crippen molar-refractivity contribution in [3.8, 4) is 0 Å². The second-order valence-electron chi connectivity index (χ2n) is 4.65. The second-order valence-corrected chi connectivity index (χ2v) is 5.73. The monoisotopic (exact) mass is 288 g/mol. The first-order chi connectivity index (χ1) is 8.63. The number of likely N-dealkylation sites (N-methyl/N-ethyl adjacent to an activating group) is 1. The molecule has 5 heteroatoms. The molecule has 0 radical (unpaired) electrons. The van der Waals surface area contributed by atoms with Crippen molar-refractivity contribution in [1.82, 2.24) is 10.2 Å². The molecule has 0 aromatic carbocycles. The maximum Gasteiger partial charge on any atom is 0.0805 e. The molecule has 1 saturated heterocycles. The fourth-order valence-corrected chi connectivity index (χ4v) is 2.63. The quantitative estimate of drug-likeness (QED) is 0.757. The number of hydrogen-bond donors (Lipinski definition) is 1. The Hall–Kier alpha value is -0.260. The predicted octanol–water partition coefficient (Wildman–Crippen LogP) is 2.53. The Bertz CT molecular complexity index is 278. The number of ether oxygens (including phenoxy) is 1. The van der Waals surface area contributed by atoms with E-state index in [1.807, 2.05) is 6.92 Å². The SMILES string of the molecule is CCN(CCNC(C)=S)C(=S)CC1CCCCO1. The van der Waals surface area contributed by atoms with Crippen LogP contribution < -0.4 is 5.32 Å². The fraction of sp³-hybridized carbons (Fsp3) is 0.846. The molecule has 104 valence electrons. The summed E-state index contributed by atoms with van der Waals surface area (Å²) in [6, 6.07) is 0. The molecule has 3 nitrogen and oxygen atoms in total. The van der Waals surface area contributed by atoms with Gasteiger partial charge < -0.3 is 15.0 Å². The molecular formula is C13H24N2OS2. The van der Waals surface area contributed by atoms with E-state index in [4.69, 9.17) is 29.2 Å². The lowest BCUT2D eigenvalue weighted by Crippen LogP contribution is -2.38. The lowest BCUT2D eigenvalue weighted by atomic mass is 10.1. The maximum absolute atomic E-state index is 5.74. The minimum absolute atomic E-state index is 0.334. The Morgan fingerprint density at radius 2 is 2.17 bits per heavy atom. The molecule has 0 amide bonds. The minimum Gasteiger partial charge on any atom is -0.378 e. The highest BCUT2D eigenvalue weighted by Crippen LogP contribution is 2.17. The summed E-state index contributed by atoms with van der Waals surface area (Å²) in [6.45, 7) is 7.65. The highest BCUT2D eigenvalue weighted by molar-refractivity contribution is 7.80. The summed E-state index contributed by atoms with van der Waals surface area (Å²) in [4.78, 5) is 4.10. The van der Waals surface area contributed by atoms with Crippen molar-refractivity contribution in [3.05, 3.63) is 0 Å². The van der Waals surface area contributed by atoms with Crippen LogP contribution in [0.3, 0.4) is 0 Å². The van der Waals surface area contributed by atoms with Gasteiger partial charge in [-0.1, -0.05) is 24.4 Å². The standard InChI is InChI=1S/C13H24N2OS2/c1-3-15(8-7-14-11(2)17)13(18)10-12-6-4-5-9-16-12/h12H,3-10H2,1-2H3,(H,14,17). The summed E-state index contributed by atoms with van der Waals surface area (Å²) >= 11 is 10.5. The fourth-order valence-electron chi connectivity index (χ4n) is 2.12. The van der Waals surface area contributed by atoms with Gasteiger partial charge in [-0.05, 0) is 33.1 Å². The van der Waals surface area contributed by atoms with Crippen molar-refractivity contribution in [2.45, 2.75) is 45.6 Å². The third-order valence-corrected chi connectivity index (χ3v) is 3.74. The first-order valence-electron chi connectivity index (χ1n) is 6.77. The average Bonchev–Trinajstić information content (AvgIpc) is 2.35. The van der Waals surface area contributed by atoms with Crippen LogP contribution in [-0.2, 0) is 4.74 Å². The topological polar surface area (TPSA) is 24.5 Å². The van der Waals surface area contributed by atoms with Crippen LogP contribution in [0.15, 0.2) is 0 Å². The largest absolute Gasteiger partial charge is 0.378 e. The molecule has 18 heavy (non-hydrogen) atoms. The molecule has 1 rings (SSSR count). The van der Waals surface area contributed by atoms with E-state index in [-0.39, 0.29) is 0 Å². The third kappa shape index (κ3) is 6.07. The van der Waals surface area contributed by atoms with Crippen molar-refractivity contribution < 1.29 is 4.74 Å². The van der Waals surface area contributed by atoms with Gasteiger partial charge in [-0.25, -0.2) is 0 Å². The van der Waals surface area contributed by atoms with Crippen molar-refractivity contribution in [2.24, 2.45) is 0 Å². The molecule has 0 aromatic rings. The van der Waals surface area contributed by atoms with E-state index in [2.05, 4.69) is 17.1 Å².